The SMILES string of the molecule is COC(=O)CCCC(Br)C1CC2C(CC(O)C2C=O)O1. The fourth-order valence-corrected chi connectivity index (χ4v) is 3.93. The van der Waals surface area contributed by atoms with Crippen molar-refractivity contribution in [3.05, 3.63) is 0 Å². The molecule has 5 nitrogen and oxygen atoms in total. The van der Waals surface area contributed by atoms with Gasteiger partial charge in [-0.15, -0.1) is 0 Å². The average Bonchev–Trinajstić information content (AvgIpc) is 2.94. The summed E-state index contributed by atoms with van der Waals surface area (Å²) in [7, 11) is 1.39. The first-order valence-corrected chi connectivity index (χ1v) is 7.98. The monoisotopic (exact) mass is 348 g/mol. The molecule has 20 heavy (non-hydrogen) atoms. The van der Waals surface area contributed by atoms with E-state index >= 15 is 0 Å². The molecule has 6 atom stereocenters. The molecule has 0 spiro atoms. The van der Waals surface area contributed by atoms with E-state index in [9.17, 15) is 14.7 Å². The Morgan fingerprint density at radius 3 is 2.95 bits per heavy atom. The molecule has 0 amide bonds. The number of ether oxygens (including phenoxy) is 2. The molecule has 2 rings (SSSR count). The van der Waals surface area contributed by atoms with Crippen molar-refractivity contribution in [1.29, 1.82) is 0 Å². The second-order valence-corrected chi connectivity index (χ2v) is 6.79. The summed E-state index contributed by atoms with van der Waals surface area (Å²) >= 11 is 3.61. The molecule has 1 heterocycles. The van der Waals surface area contributed by atoms with E-state index in [4.69, 9.17) is 4.74 Å². The largest absolute Gasteiger partial charge is 0.469 e. The van der Waals surface area contributed by atoms with Crippen molar-refractivity contribution in [2.45, 2.75) is 55.2 Å². The van der Waals surface area contributed by atoms with E-state index in [1.54, 1.807) is 0 Å². The highest BCUT2D eigenvalue weighted by Crippen LogP contribution is 2.44. The molecule has 1 aliphatic heterocycles. The van der Waals surface area contributed by atoms with Crippen molar-refractivity contribution in [2.75, 3.05) is 7.11 Å². The minimum absolute atomic E-state index is 0.00847. The Balaban J connectivity index is 1.78. The molecule has 114 valence electrons. The van der Waals surface area contributed by atoms with Gasteiger partial charge in [0, 0.05) is 23.6 Å². The van der Waals surface area contributed by atoms with Crippen LogP contribution in [-0.4, -0.2) is 47.6 Å². The Kier molecular flexibility index (Phi) is 5.57. The number of methoxy groups -OCH3 is 1. The Bertz CT molecular complexity index is 361. The number of aldehydes is 1. The second kappa shape index (κ2) is 7.00. The van der Waals surface area contributed by atoms with E-state index in [0.717, 1.165) is 25.5 Å². The summed E-state index contributed by atoms with van der Waals surface area (Å²) in [5.74, 6) is -0.356. The molecule has 2 fully saturated rings. The summed E-state index contributed by atoms with van der Waals surface area (Å²) in [5.41, 5.74) is 0. The van der Waals surface area contributed by atoms with Gasteiger partial charge >= 0.3 is 5.97 Å². The molecule has 1 saturated heterocycles. The maximum Gasteiger partial charge on any atom is 0.305 e. The number of alkyl halides is 1. The third-order valence-electron chi connectivity index (χ3n) is 4.39. The van der Waals surface area contributed by atoms with E-state index in [1.807, 2.05) is 0 Å². The van der Waals surface area contributed by atoms with Gasteiger partial charge < -0.3 is 19.4 Å². The zero-order valence-electron chi connectivity index (χ0n) is 11.5. The number of carbonyl (C=O) groups is 2. The minimum atomic E-state index is -0.559. The van der Waals surface area contributed by atoms with Crippen molar-refractivity contribution < 1.29 is 24.2 Å². The maximum absolute atomic E-state index is 11.1. The lowest BCUT2D eigenvalue weighted by atomic mass is 9.91. The van der Waals surface area contributed by atoms with Crippen molar-refractivity contribution in [1.82, 2.24) is 0 Å². The standard InChI is InChI=1S/C14H21BrO5/c1-19-14(18)4-2-3-10(15)13-5-8-9(7-16)11(17)6-12(8)20-13/h7-13,17H,2-6H2,1H3. The molecule has 0 aromatic carbocycles. The van der Waals surface area contributed by atoms with E-state index in [0.29, 0.717) is 12.8 Å². The second-order valence-electron chi connectivity index (χ2n) is 5.61. The van der Waals surface area contributed by atoms with Gasteiger partial charge in [-0.3, -0.25) is 4.79 Å². The Morgan fingerprint density at radius 1 is 1.55 bits per heavy atom. The van der Waals surface area contributed by atoms with Gasteiger partial charge in [-0.25, -0.2) is 0 Å². The van der Waals surface area contributed by atoms with Crippen molar-refractivity contribution in [2.24, 2.45) is 11.8 Å². The molecule has 1 N–H and O–H groups in total. The molecular weight excluding hydrogens is 328 g/mol. The van der Waals surface area contributed by atoms with Crippen LogP contribution in [-0.2, 0) is 19.1 Å². The van der Waals surface area contributed by atoms with Gasteiger partial charge in [0.15, 0.2) is 0 Å². The summed E-state index contributed by atoms with van der Waals surface area (Å²) in [5, 5.41) is 9.77. The highest BCUT2D eigenvalue weighted by molar-refractivity contribution is 9.09. The molecule has 0 aromatic rings. The van der Waals surface area contributed by atoms with Crippen LogP contribution in [0.1, 0.15) is 32.1 Å². The third-order valence-corrected chi connectivity index (χ3v) is 5.44. The maximum atomic E-state index is 11.1. The lowest BCUT2D eigenvalue weighted by molar-refractivity contribution is -0.140. The summed E-state index contributed by atoms with van der Waals surface area (Å²) in [4.78, 5) is 22.3. The number of esters is 1. The number of hydrogen-bond donors (Lipinski definition) is 1. The fraction of sp³-hybridized carbons (Fsp3) is 0.857. The normalized spacial score (nSPS) is 37.5. The van der Waals surface area contributed by atoms with Gasteiger partial charge in [-0.05, 0) is 25.2 Å². The smallest absolute Gasteiger partial charge is 0.305 e. The van der Waals surface area contributed by atoms with Crippen LogP contribution in [0.2, 0.25) is 0 Å². The van der Waals surface area contributed by atoms with Crippen LogP contribution < -0.4 is 0 Å². The molecule has 6 unspecified atom stereocenters. The number of rotatable bonds is 6. The number of fused-ring (bicyclic) bond motifs is 1. The van der Waals surface area contributed by atoms with Gasteiger partial charge in [0.25, 0.3) is 0 Å². The van der Waals surface area contributed by atoms with Crippen LogP contribution in [0.15, 0.2) is 0 Å². The molecule has 0 radical (unpaired) electrons. The first-order chi connectivity index (χ1) is 9.56. The number of aliphatic hydroxyl groups excluding tert-OH is 1. The van der Waals surface area contributed by atoms with E-state index in [1.165, 1.54) is 7.11 Å². The van der Waals surface area contributed by atoms with Crippen LogP contribution in [0.3, 0.4) is 0 Å². The molecule has 1 aliphatic carbocycles. The first-order valence-electron chi connectivity index (χ1n) is 7.06. The molecule has 6 heteroatoms. The average molecular weight is 349 g/mol. The molecule has 2 aliphatic rings. The van der Waals surface area contributed by atoms with Gasteiger partial charge in [0.1, 0.15) is 6.29 Å². The van der Waals surface area contributed by atoms with Crippen molar-refractivity contribution in [3.8, 4) is 0 Å². The van der Waals surface area contributed by atoms with Gasteiger partial charge in [0.05, 0.1) is 25.4 Å². The Morgan fingerprint density at radius 2 is 2.30 bits per heavy atom. The zero-order valence-corrected chi connectivity index (χ0v) is 13.1. The third kappa shape index (κ3) is 3.40. The Hall–Kier alpha value is -0.460. The number of carbonyl (C=O) groups excluding carboxylic acids is 2. The summed E-state index contributed by atoms with van der Waals surface area (Å²) in [6.07, 6.45) is 3.67. The molecule has 0 bridgehead atoms. The Labute approximate surface area is 127 Å². The quantitative estimate of drug-likeness (QED) is 0.446. The van der Waals surface area contributed by atoms with E-state index in [-0.39, 0.29) is 34.8 Å². The molecule has 0 aromatic heterocycles. The van der Waals surface area contributed by atoms with E-state index in [2.05, 4.69) is 20.7 Å². The predicted octanol–water partition coefficient (Wildman–Crippen LogP) is 1.45. The van der Waals surface area contributed by atoms with Crippen LogP contribution >= 0.6 is 15.9 Å². The number of halogens is 1. The number of hydrogen-bond acceptors (Lipinski definition) is 5. The molecular formula is C14H21BrO5. The van der Waals surface area contributed by atoms with Gasteiger partial charge in [-0.1, -0.05) is 15.9 Å². The fourth-order valence-electron chi connectivity index (χ4n) is 3.27. The lowest BCUT2D eigenvalue weighted by Crippen LogP contribution is -2.25. The summed E-state index contributed by atoms with van der Waals surface area (Å²) in [6, 6.07) is 0. The van der Waals surface area contributed by atoms with Crippen LogP contribution in [0.25, 0.3) is 0 Å². The zero-order chi connectivity index (χ0) is 14.7. The topological polar surface area (TPSA) is 72.8 Å². The summed E-state index contributed by atoms with van der Waals surface area (Å²) in [6.45, 7) is 0. The van der Waals surface area contributed by atoms with Crippen LogP contribution in [0.4, 0.5) is 0 Å². The van der Waals surface area contributed by atoms with Gasteiger partial charge in [0.2, 0.25) is 0 Å². The predicted molar refractivity (Wildman–Crippen MR) is 75.5 cm³/mol. The highest BCUT2D eigenvalue weighted by Gasteiger charge is 2.50. The highest BCUT2D eigenvalue weighted by atomic mass is 79.9. The lowest BCUT2D eigenvalue weighted by Gasteiger charge is -2.20. The van der Waals surface area contributed by atoms with Crippen LogP contribution in [0, 0.1) is 11.8 Å². The van der Waals surface area contributed by atoms with Crippen molar-refractivity contribution >= 4 is 28.2 Å². The molecule has 1 saturated carbocycles. The van der Waals surface area contributed by atoms with Crippen LogP contribution in [0.5, 0.6) is 0 Å². The first kappa shape index (κ1) is 15.9. The van der Waals surface area contributed by atoms with Crippen molar-refractivity contribution in [3.63, 3.8) is 0 Å². The van der Waals surface area contributed by atoms with Gasteiger partial charge in [-0.2, -0.15) is 0 Å². The van der Waals surface area contributed by atoms with E-state index < -0.39 is 6.10 Å². The minimum Gasteiger partial charge on any atom is -0.469 e. The summed E-state index contributed by atoms with van der Waals surface area (Å²) < 4.78 is 10.6. The number of aliphatic hydroxyl groups is 1.